The molecule has 0 saturated carbocycles. The topological polar surface area (TPSA) is 78.7 Å². The van der Waals surface area contributed by atoms with Gasteiger partial charge in [0.15, 0.2) is 5.13 Å². The molecule has 2 aromatic rings. The van der Waals surface area contributed by atoms with Crippen LogP contribution in [-0.2, 0) is 17.6 Å². The number of amides is 1. The maximum atomic E-state index is 12.1. The maximum absolute atomic E-state index is 12.1. The number of carbonyl (C=O) groups excluding carboxylic acids is 1. The maximum Gasteiger partial charge on any atom is 0.236 e. The highest BCUT2D eigenvalue weighted by molar-refractivity contribution is 8.00. The molecule has 1 unspecified atom stereocenters. The predicted molar refractivity (Wildman–Crippen MR) is 96.3 cm³/mol. The normalized spacial score (nSPS) is 16.3. The minimum atomic E-state index is -0.133. The molecule has 0 radical (unpaired) electrons. The van der Waals surface area contributed by atoms with E-state index in [0.29, 0.717) is 21.6 Å². The first-order chi connectivity index (χ1) is 11.5. The van der Waals surface area contributed by atoms with Gasteiger partial charge in [-0.05, 0) is 43.7 Å². The molecule has 1 atom stereocenters. The van der Waals surface area contributed by atoms with Crippen LogP contribution in [0.1, 0.15) is 35.9 Å². The van der Waals surface area contributed by atoms with Gasteiger partial charge in [0.1, 0.15) is 11.1 Å². The Morgan fingerprint density at radius 3 is 3.08 bits per heavy atom. The van der Waals surface area contributed by atoms with Gasteiger partial charge >= 0.3 is 0 Å². The molecule has 0 bridgehead atoms. The Morgan fingerprint density at radius 1 is 1.54 bits per heavy atom. The highest BCUT2D eigenvalue weighted by Gasteiger charge is 2.20. The Kier molecular flexibility index (Phi) is 5.17. The average Bonchev–Trinajstić information content (AvgIpc) is 2.96. The van der Waals surface area contributed by atoms with E-state index in [2.05, 4.69) is 28.3 Å². The van der Waals surface area contributed by atoms with Crippen LogP contribution in [-0.4, -0.2) is 21.6 Å². The van der Waals surface area contributed by atoms with E-state index < -0.39 is 0 Å². The predicted octanol–water partition coefficient (Wildman–Crippen LogP) is 3.57. The van der Waals surface area contributed by atoms with Crippen molar-refractivity contribution in [3.63, 3.8) is 0 Å². The Hall–Kier alpha value is -1.91. The lowest BCUT2D eigenvalue weighted by Crippen LogP contribution is -2.16. The number of pyridine rings is 1. The number of anilines is 1. The average molecular weight is 358 g/mol. The number of aromatic nitrogens is 2. The summed E-state index contributed by atoms with van der Waals surface area (Å²) >= 11 is 2.72. The number of nitrogens with zero attached hydrogens (tertiary/aromatic N) is 3. The largest absolute Gasteiger partial charge is 0.301 e. The molecule has 0 spiro atoms. The molecule has 0 aromatic carbocycles. The van der Waals surface area contributed by atoms with Crippen LogP contribution in [0.15, 0.2) is 16.5 Å². The number of rotatable bonds is 4. The highest BCUT2D eigenvalue weighted by atomic mass is 32.2. The van der Waals surface area contributed by atoms with Crippen molar-refractivity contribution in [2.45, 2.75) is 38.1 Å². The number of nitrogens with one attached hydrogen (secondary N) is 1. The third-order valence-corrected chi connectivity index (χ3v) is 5.79. The van der Waals surface area contributed by atoms with Crippen molar-refractivity contribution < 1.29 is 4.79 Å². The molecule has 0 aliphatic heterocycles. The van der Waals surface area contributed by atoms with Gasteiger partial charge < -0.3 is 5.32 Å². The lowest BCUT2D eigenvalue weighted by atomic mass is 9.87. The third-order valence-electron chi connectivity index (χ3n) is 3.92. The molecule has 1 aliphatic carbocycles. The van der Waals surface area contributed by atoms with Gasteiger partial charge in [-0.1, -0.05) is 18.7 Å². The van der Waals surface area contributed by atoms with Gasteiger partial charge in [-0.2, -0.15) is 5.26 Å². The molecule has 3 rings (SSSR count). The summed E-state index contributed by atoms with van der Waals surface area (Å²) in [4.78, 5) is 20.9. The summed E-state index contributed by atoms with van der Waals surface area (Å²) in [5.74, 6) is 0.721. The summed E-state index contributed by atoms with van der Waals surface area (Å²) in [7, 11) is 0. The first-order valence-corrected chi connectivity index (χ1v) is 9.69. The molecule has 1 amide bonds. The minimum Gasteiger partial charge on any atom is -0.301 e. The second kappa shape index (κ2) is 7.32. The van der Waals surface area contributed by atoms with E-state index in [1.807, 2.05) is 18.4 Å². The van der Waals surface area contributed by atoms with Gasteiger partial charge in [0.25, 0.3) is 0 Å². The smallest absolute Gasteiger partial charge is 0.236 e. The van der Waals surface area contributed by atoms with E-state index in [-0.39, 0.29) is 11.7 Å². The van der Waals surface area contributed by atoms with E-state index >= 15 is 0 Å². The summed E-state index contributed by atoms with van der Waals surface area (Å²) < 4.78 is 0. The van der Waals surface area contributed by atoms with Crippen LogP contribution in [0.2, 0.25) is 0 Å². The van der Waals surface area contributed by atoms with Crippen molar-refractivity contribution >= 4 is 34.1 Å². The Balaban J connectivity index is 1.68. The fourth-order valence-corrected chi connectivity index (χ4v) is 4.20. The Labute approximate surface area is 149 Å². The molecule has 124 valence electrons. The molecular weight excluding hydrogens is 340 g/mol. The fraction of sp³-hybridized carbons (Fsp3) is 0.412. The molecule has 7 heteroatoms. The molecule has 1 aliphatic rings. The zero-order valence-electron chi connectivity index (χ0n) is 13.6. The molecule has 0 fully saturated rings. The van der Waals surface area contributed by atoms with Crippen molar-refractivity contribution in [2.24, 2.45) is 5.92 Å². The fourth-order valence-electron chi connectivity index (χ4n) is 2.72. The minimum absolute atomic E-state index is 0.133. The standard InChI is InChI=1S/C17H18N4OS2/c1-10-3-4-14-12(5-10)6-13(7-18)16(20-14)23-9-15(22)21-17-19-11(2)8-24-17/h6,8,10H,3-5,9H2,1-2H3,(H,19,21,22). The monoisotopic (exact) mass is 358 g/mol. The van der Waals surface area contributed by atoms with Crippen LogP contribution in [0.3, 0.4) is 0 Å². The number of hydrogen-bond acceptors (Lipinski definition) is 6. The van der Waals surface area contributed by atoms with Crippen LogP contribution in [0.5, 0.6) is 0 Å². The number of nitriles is 1. The molecule has 2 heterocycles. The summed E-state index contributed by atoms with van der Waals surface area (Å²) in [5.41, 5.74) is 3.70. The van der Waals surface area contributed by atoms with Crippen LogP contribution >= 0.6 is 23.1 Å². The number of fused-ring (bicyclic) bond motifs is 1. The number of hydrogen-bond donors (Lipinski definition) is 1. The quantitative estimate of drug-likeness (QED) is 0.845. The SMILES string of the molecule is Cc1csc(NC(=O)CSc2nc3c(cc2C#N)CC(C)CC3)n1. The van der Waals surface area contributed by atoms with Crippen molar-refractivity contribution in [3.8, 4) is 6.07 Å². The number of thioether (sulfide) groups is 1. The summed E-state index contributed by atoms with van der Waals surface area (Å²) in [6.07, 6.45) is 3.05. The van der Waals surface area contributed by atoms with Gasteiger partial charge in [-0.15, -0.1) is 11.3 Å². The van der Waals surface area contributed by atoms with E-state index in [1.54, 1.807) is 0 Å². The van der Waals surface area contributed by atoms with Crippen LogP contribution in [0.4, 0.5) is 5.13 Å². The first-order valence-electron chi connectivity index (χ1n) is 7.83. The Bertz CT molecular complexity index is 809. The molecule has 1 N–H and O–H groups in total. The lowest BCUT2D eigenvalue weighted by molar-refractivity contribution is -0.113. The first kappa shape index (κ1) is 16.9. The second-order valence-corrected chi connectivity index (χ2v) is 7.86. The van der Waals surface area contributed by atoms with Gasteiger partial charge in [0.05, 0.1) is 17.0 Å². The summed E-state index contributed by atoms with van der Waals surface area (Å²) in [6, 6.07) is 4.16. The molecular formula is C17H18N4OS2. The second-order valence-electron chi connectivity index (χ2n) is 6.04. The number of thiazole rings is 1. The zero-order chi connectivity index (χ0) is 17.1. The van der Waals surface area contributed by atoms with E-state index in [4.69, 9.17) is 0 Å². The van der Waals surface area contributed by atoms with E-state index in [9.17, 15) is 10.1 Å². The Morgan fingerprint density at radius 2 is 2.38 bits per heavy atom. The molecule has 5 nitrogen and oxygen atoms in total. The van der Waals surface area contributed by atoms with Gasteiger partial charge in [0, 0.05) is 11.1 Å². The van der Waals surface area contributed by atoms with E-state index in [1.165, 1.54) is 28.7 Å². The van der Waals surface area contributed by atoms with Crippen LogP contribution in [0, 0.1) is 24.2 Å². The molecule has 24 heavy (non-hydrogen) atoms. The lowest BCUT2D eigenvalue weighted by Gasteiger charge is -2.21. The summed E-state index contributed by atoms with van der Waals surface area (Å²) in [6.45, 7) is 4.11. The number of aryl methyl sites for hydroxylation is 2. The highest BCUT2D eigenvalue weighted by Crippen LogP contribution is 2.29. The van der Waals surface area contributed by atoms with Gasteiger partial charge in [-0.3, -0.25) is 4.79 Å². The van der Waals surface area contributed by atoms with E-state index in [0.717, 1.165) is 30.7 Å². The number of carbonyl (C=O) groups is 1. The van der Waals surface area contributed by atoms with Crippen molar-refractivity contribution in [1.29, 1.82) is 5.26 Å². The molecule has 0 saturated heterocycles. The van der Waals surface area contributed by atoms with Gasteiger partial charge in [0.2, 0.25) is 5.91 Å². The van der Waals surface area contributed by atoms with Crippen molar-refractivity contribution in [2.75, 3.05) is 11.1 Å². The zero-order valence-corrected chi connectivity index (χ0v) is 15.3. The van der Waals surface area contributed by atoms with Crippen molar-refractivity contribution in [1.82, 2.24) is 9.97 Å². The third kappa shape index (κ3) is 3.94. The van der Waals surface area contributed by atoms with Crippen LogP contribution < -0.4 is 5.32 Å². The summed E-state index contributed by atoms with van der Waals surface area (Å²) in [5, 5.41) is 15.3. The van der Waals surface area contributed by atoms with Gasteiger partial charge in [-0.25, -0.2) is 9.97 Å². The van der Waals surface area contributed by atoms with Crippen LogP contribution in [0.25, 0.3) is 0 Å². The molecule has 2 aromatic heterocycles. The van der Waals surface area contributed by atoms with Crippen molar-refractivity contribution in [3.05, 3.63) is 34.0 Å².